The Morgan fingerprint density at radius 3 is 2.67 bits per heavy atom. The summed E-state index contributed by atoms with van der Waals surface area (Å²) in [6.07, 6.45) is 6.69. The van der Waals surface area contributed by atoms with E-state index in [9.17, 15) is 4.79 Å². The highest BCUT2D eigenvalue weighted by atomic mass is 16.6. The third kappa shape index (κ3) is 4.65. The van der Waals surface area contributed by atoms with Crippen LogP contribution in [-0.4, -0.2) is 25.2 Å². The highest BCUT2D eigenvalue weighted by Crippen LogP contribution is 2.15. The summed E-state index contributed by atoms with van der Waals surface area (Å²) in [6, 6.07) is 0.235. The molecule has 1 heterocycles. The lowest BCUT2D eigenvalue weighted by atomic mass is 10.2. The molecule has 1 aliphatic rings. The number of hydrogen-bond acceptors (Lipinski definition) is 3. The molecule has 0 aliphatic carbocycles. The molecule has 0 saturated carbocycles. The summed E-state index contributed by atoms with van der Waals surface area (Å²) in [5.41, 5.74) is 0. The fraction of sp³-hybridized carbons (Fsp3) is 0.500. The van der Waals surface area contributed by atoms with Crippen LogP contribution in [0, 0.1) is 0 Å². The number of hydrogen-bond donors (Lipinski definition) is 1. The van der Waals surface area contributed by atoms with Gasteiger partial charge in [-0.25, -0.2) is 0 Å². The molecule has 4 nitrogen and oxygen atoms in total. The van der Waals surface area contributed by atoms with Crippen LogP contribution in [0.5, 0.6) is 0 Å². The van der Waals surface area contributed by atoms with Crippen molar-refractivity contribution in [1.82, 2.24) is 5.32 Å². The first-order chi connectivity index (χ1) is 8.67. The van der Waals surface area contributed by atoms with E-state index in [4.69, 9.17) is 9.47 Å². The van der Waals surface area contributed by atoms with Crippen molar-refractivity contribution in [3.05, 3.63) is 36.3 Å². The Morgan fingerprint density at radius 1 is 1.39 bits per heavy atom. The fourth-order valence-corrected chi connectivity index (χ4v) is 1.57. The van der Waals surface area contributed by atoms with Crippen molar-refractivity contribution in [3.8, 4) is 0 Å². The van der Waals surface area contributed by atoms with E-state index in [0.717, 1.165) is 12.8 Å². The number of allylic oxidation sites excluding steroid dienone is 2. The molecule has 0 aromatic carbocycles. The molecule has 1 saturated heterocycles. The maximum atomic E-state index is 11.6. The molecular formula is C14H21NO3. The molecule has 1 fully saturated rings. The second-order valence-electron chi connectivity index (χ2n) is 4.03. The van der Waals surface area contributed by atoms with Crippen molar-refractivity contribution in [2.45, 2.75) is 32.7 Å². The molecule has 1 N–H and O–H groups in total. The first-order valence-corrected chi connectivity index (χ1v) is 6.31. The largest absolute Gasteiger partial charge is 0.487 e. The van der Waals surface area contributed by atoms with Crippen molar-refractivity contribution in [3.63, 3.8) is 0 Å². The second-order valence-corrected chi connectivity index (χ2v) is 4.03. The van der Waals surface area contributed by atoms with Gasteiger partial charge in [0.05, 0.1) is 0 Å². The lowest BCUT2D eigenvalue weighted by molar-refractivity contribution is -0.117. The molecule has 100 valence electrons. The Labute approximate surface area is 108 Å². The summed E-state index contributed by atoms with van der Waals surface area (Å²) in [4.78, 5) is 11.6. The number of carbonyl (C=O) groups is 1. The van der Waals surface area contributed by atoms with Gasteiger partial charge in [0.1, 0.15) is 13.2 Å². The Morgan fingerprint density at radius 2 is 2.06 bits per heavy atom. The molecule has 18 heavy (non-hydrogen) atoms. The standard InChI is InChI=1S/C14H21NO3/c1-4-12(5-2)15-14(16)8-6-7-13-11(3)17-9-10-18-13/h6-8,12H,3-5,9-10H2,1-2H3,(H,15,16)/b8-6+,13-7+. The van der Waals surface area contributed by atoms with Crippen LogP contribution in [0.15, 0.2) is 36.3 Å². The zero-order valence-corrected chi connectivity index (χ0v) is 11.1. The first-order valence-electron chi connectivity index (χ1n) is 6.31. The molecule has 1 rings (SSSR count). The van der Waals surface area contributed by atoms with Gasteiger partial charge in [-0.2, -0.15) is 0 Å². The van der Waals surface area contributed by atoms with Crippen LogP contribution in [0.3, 0.4) is 0 Å². The van der Waals surface area contributed by atoms with Gasteiger partial charge in [-0.15, -0.1) is 0 Å². The molecule has 0 aromatic heterocycles. The Hall–Kier alpha value is -1.71. The van der Waals surface area contributed by atoms with Gasteiger partial charge in [-0.1, -0.05) is 26.5 Å². The van der Waals surface area contributed by atoms with E-state index >= 15 is 0 Å². The van der Waals surface area contributed by atoms with Gasteiger partial charge in [0.15, 0.2) is 11.5 Å². The summed E-state index contributed by atoms with van der Waals surface area (Å²) < 4.78 is 10.6. The molecule has 0 bridgehead atoms. The zero-order chi connectivity index (χ0) is 13.4. The average Bonchev–Trinajstić information content (AvgIpc) is 2.38. The third-order valence-corrected chi connectivity index (χ3v) is 2.72. The molecule has 0 atom stereocenters. The molecule has 0 aromatic rings. The Bertz CT molecular complexity index is 354. The number of carbonyl (C=O) groups excluding carboxylic acids is 1. The molecular weight excluding hydrogens is 230 g/mol. The first kappa shape index (κ1) is 14.4. The summed E-state index contributed by atoms with van der Waals surface area (Å²) in [5.74, 6) is 0.988. The zero-order valence-electron chi connectivity index (χ0n) is 11.1. The minimum Gasteiger partial charge on any atom is -0.487 e. The molecule has 4 heteroatoms. The maximum absolute atomic E-state index is 11.6. The monoisotopic (exact) mass is 251 g/mol. The SMILES string of the molecule is C=C1OCCO/C1=C/C=C/C(=O)NC(CC)CC. The molecule has 1 amide bonds. The molecule has 1 aliphatic heterocycles. The van der Waals surface area contributed by atoms with Gasteiger partial charge in [0.2, 0.25) is 5.91 Å². The minimum absolute atomic E-state index is 0.0945. The van der Waals surface area contributed by atoms with Crippen LogP contribution < -0.4 is 5.32 Å². The van der Waals surface area contributed by atoms with Crippen molar-refractivity contribution < 1.29 is 14.3 Å². The van der Waals surface area contributed by atoms with Gasteiger partial charge in [0, 0.05) is 12.1 Å². The summed E-state index contributed by atoms with van der Waals surface area (Å²) >= 11 is 0. The smallest absolute Gasteiger partial charge is 0.244 e. The highest BCUT2D eigenvalue weighted by Gasteiger charge is 2.10. The van der Waals surface area contributed by atoms with Crippen LogP contribution in [-0.2, 0) is 14.3 Å². The van der Waals surface area contributed by atoms with E-state index in [1.54, 1.807) is 12.2 Å². The molecule has 0 radical (unpaired) electrons. The quantitative estimate of drug-likeness (QED) is 0.763. The number of ether oxygens (including phenoxy) is 2. The number of amides is 1. The van der Waals surface area contributed by atoms with Crippen molar-refractivity contribution in [2.24, 2.45) is 0 Å². The summed E-state index contributed by atoms with van der Waals surface area (Å²) in [7, 11) is 0. The predicted molar refractivity (Wildman–Crippen MR) is 70.8 cm³/mol. The van der Waals surface area contributed by atoms with Crippen LogP contribution in [0.25, 0.3) is 0 Å². The predicted octanol–water partition coefficient (Wildman–Crippen LogP) is 2.29. The van der Waals surface area contributed by atoms with Gasteiger partial charge in [-0.3, -0.25) is 4.79 Å². The van der Waals surface area contributed by atoms with E-state index in [0.29, 0.717) is 24.7 Å². The second kappa shape index (κ2) is 7.58. The van der Waals surface area contributed by atoms with Gasteiger partial charge >= 0.3 is 0 Å². The van der Waals surface area contributed by atoms with E-state index in [1.165, 1.54) is 6.08 Å². The summed E-state index contributed by atoms with van der Waals surface area (Å²) in [6.45, 7) is 8.86. The van der Waals surface area contributed by atoms with Crippen molar-refractivity contribution >= 4 is 5.91 Å². The summed E-state index contributed by atoms with van der Waals surface area (Å²) in [5, 5.41) is 2.92. The minimum atomic E-state index is -0.0945. The molecule has 0 unspecified atom stereocenters. The van der Waals surface area contributed by atoms with E-state index < -0.39 is 0 Å². The van der Waals surface area contributed by atoms with Crippen LogP contribution in [0.4, 0.5) is 0 Å². The normalized spacial score (nSPS) is 17.9. The van der Waals surface area contributed by atoms with Gasteiger partial charge in [0.25, 0.3) is 0 Å². The van der Waals surface area contributed by atoms with Crippen LogP contribution in [0.1, 0.15) is 26.7 Å². The lowest BCUT2D eigenvalue weighted by Crippen LogP contribution is -2.32. The topological polar surface area (TPSA) is 47.6 Å². The van der Waals surface area contributed by atoms with E-state index in [2.05, 4.69) is 25.7 Å². The maximum Gasteiger partial charge on any atom is 0.244 e. The number of nitrogens with one attached hydrogen (secondary N) is 1. The lowest BCUT2D eigenvalue weighted by Gasteiger charge is -2.19. The Kier molecular flexibility index (Phi) is 6.05. The van der Waals surface area contributed by atoms with E-state index in [-0.39, 0.29) is 11.9 Å². The fourth-order valence-electron chi connectivity index (χ4n) is 1.57. The van der Waals surface area contributed by atoms with Crippen molar-refractivity contribution in [1.29, 1.82) is 0 Å². The Balaban J connectivity index is 2.46. The van der Waals surface area contributed by atoms with Crippen LogP contribution >= 0.6 is 0 Å². The van der Waals surface area contributed by atoms with Crippen molar-refractivity contribution in [2.75, 3.05) is 13.2 Å². The number of rotatable bonds is 5. The molecule has 0 spiro atoms. The van der Waals surface area contributed by atoms with E-state index in [1.807, 2.05) is 0 Å². The third-order valence-electron chi connectivity index (χ3n) is 2.72. The average molecular weight is 251 g/mol. The van der Waals surface area contributed by atoms with Crippen LogP contribution in [0.2, 0.25) is 0 Å². The van der Waals surface area contributed by atoms with Gasteiger partial charge < -0.3 is 14.8 Å². The highest BCUT2D eigenvalue weighted by molar-refractivity contribution is 5.88. The van der Waals surface area contributed by atoms with Gasteiger partial charge in [-0.05, 0) is 18.9 Å².